The Morgan fingerprint density at radius 2 is 0.895 bits per heavy atom. The van der Waals surface area contributed by atoms with Crippen LogP contribution in [0.15, 0.2) is 134 Å². The molecule has 176 valence electrons. The van der Waals surface area contributed by atoms with Crippen molar-refractivity contribution in [2.24, 2.45) is 0 Å². The number of aromatic nitrogens is 1. The largest absolute Gasteiger partial charge is 0.227 e. The van der Waals surface area contributed by atoms with Crippen molar-refractivity contribution >= 4 is 54.9 Å². The molecule has 0 amide bonds. The van der Waals surface area contributed by atoms with E-state index in [2.05, 4.69) is 138 Å². The molecule has 38 heavy (non-hydrogen) atoms. The molecular formula is C37H24N+. The Hall–Kier alpha value is -5.01. The van der Waals surface area contributed by atoms with Gasteiger partial charge in [-0.2, -0.15) is 4.40 Å². The third-order valence-corrected chi connectivity index (χ3v) is 7.97. The monoisotopic (exact) mass is 482 g/mol. The third-order valence-electron chi connectivity index (χ3n) is 7.97. The number of hydrogen-bond donors (Lipinski definition) is 0. The zero-order valence-corrected chi connectivity index (χ0v) is 20.9. The number of nitrogens with zero attached hydrogens (tertiary/aromatic N) is 1. The molecule has 0 atom stereocenters. The van der Waals surface area contributed by atoms with E-state index >= 15 is 0 Å². The van der Waals surface area contributed by atoms with Crippen LogP contribution in [0.1, 0.15) is 5.56 Å². The van der Waals surface area contributed by atoms with Gasteiger partial charge in [0.1, 0.15) is 0 Å². The van der Waals surface area contributed by atoms with Crippen molar-refractivity contribution in [3.8, 4) is 22.3 Å². The lowest BCUT2D eigenvalue weighted by molar-refractivity contribution is -0.448. The van der Waals surface area contributed by atoms with E-state index in [1.807, 2.05) is 6.08 Å². The van der Waals surface area contributed by atoms with Gasteiger partial charge in [-0.15, -0.1) is 0 Å². The summed E-state index contributed by atoms with van der Waals surface area (Å²) in [5.74, 6) is 0. The normalized spacial score (nSPS) is 11.8. The van der Waals surface area contributed by atoms with Crippen LogP contribution >= 0.6 is 0 Å². The van der Waals surface area contributed by atoms with Crippen LogP contribution in [0.5, 0.6) is 0 Å². The Bertz CT molecular complexity index is 2060. The Morgan fingerprint density at radius 3 is 1.45 bits per heavy atom. The maximum absolute atomic E-state index is 3.92. The molecule has 0 spiro atoms. The smallest absolute Gasteiger partial charge is 0.152 e. The van der Waals surface area contributed by atoms with Crippen LogP contribution in [0.2, 0.25) is 0 Å². The lowest BCUT2D eigenvalue weighted by Gasteiger charge is -2.14. The highest BCUT2D eigenvalue weighted by Crippen LogP contribution is 2.39. The first-order chi connectivity index (χ1) is 18.8. The molecule has 8 rings (SSSR count). The molecule has 0 aliphatic heterocycles. The lowest BCUT2D eigenvalue weighted by atomic mass is 9.92. The fourth-order valence-corrected chi connectivity index (χ4v) is 6.18. The second-order valence-corrected chi connectivity index (χ2v) is 10.1. The maximum atomic E-state index is 3.92. The average molecular weight is 483 g/mol. The van der Waals surface area contributed by atoms with Crippen LogP contribution < -0.4 is 4.40 Å². The molecule has 0 aliphatic rings. The van der Waals surface area contributed by atoms with Gasteiger partial charge in [0.25, 0.3) is 0 Å². The quantitative estimate of drug-likeness (QED) is 0.134. The number of fused-ring (bicyclic) bond motifs is 6. The van der Waals surface area contributed by atoms with Crippen LogP contribution in [0.3, 0.4) is 0 Å². The van der Waals surface area contributed by atoms with Gasteiger partial charge in [0.15, 0.2) is 0 Å². The third kappa shape index (κ3) is 2.96. The van der Waals surface area contributed by atoms with Crippen molar-refractivity contribution in [2.75, 3.05) is 0 Å². The SMILES string of the molecule is C=Cc1ccc(-c2cc3c4ccccc4c4cc(-c5ccccc5)cc5c6ccccc6c(c2)c3[n+]45)cc1. The number of pyridine rings is 3. The van der Waals surface area contributed by atoms with Gasteiger partial charge in [0, 0.05) is 22.9 Å². The van der Waals surface area contributed by atoms with Crippen LogP contribution in [-0.2, 0) is 0 Å². The maximum Gasteiger partial charge on any atom is 0.227 e. The van der Waals surface area contributed by atoms with E-state index in [0.29, 0.717) is 0 Å². The molecule has 3 heterocycles. The summed E-state index contributed by atoms with van der Waals surface area (Å²) in [6, 6.07) is 46.6. The second-order valence-electron chi connectivity index (χ2n) is 10.1. The average Bonchev–Trinajstić information content (AvgIpc) is 3.00. The van der Waals surface area contributed by atoms with E-state index in [9.17, 15) is 0 Å². The standard InChI is InChI=1S/C37H24N/c1-2-24-16-18-26(19-17-24)27-20-33-29-12-6-8-14-31(29)35-22-28(25-10-4-3-5-11-25)23-36-32-15-9-7-13-30(32)34(21-27)37(33)38(35)36/h2-23H,1H2/q+1. The van der Waals surface area contributed by atoms with Gasteiger partial charge in [-0.05, 0) is 52.1 Å². The molecule has 0 radical (unpaired) electrons. The van der Waals surface area contributed by atoms with Crippen molar-refractivity contribution in [3.05, 3.63) is 140 Å². The summed E-state index contributed by atoms with van der Waals surface area (Å²) < 4.78 is 2.49. The zero-order valence-electron chi connectivity index (χ0n) is 20.9. The van der Waals surface area contributed by atoms with Crippen molar-refractivity contribution in [1.29, 1.82) is 0 Å². The predicted molar refractivity (Wildman–Crippen MR) is 162 cm³/mol. The molecule has 0 N–H and O–H groups in total. The Balaban J connectivity index is 1.61. The van der Waals surface area contributed by atoms with E-state index in [-0.39, 0.29) is 0 Å². The lowest BCUT2D eigenvalue weighted by Crippen LogP contribution is -2.26. The minimum atomic E-state index is 1.13. The van der Waals surface area contributed by atoms with Crippen molar-refractivity contribution < 1.29 is 4.40 Å². The molecule has 0 unspecified atom stereocenters. The van der Waals surface area contributed by atoms with Crippen molar-refractivity contribution in [2.45, 2.75) is 0 Å². The fraction of sp³-hybridized carbons (Fsp3) is 0. The number of rotatable bonds is 3. The first-order valence-electron chi connectivity index (χ1n) is 13.1. The minimum Gasteiger partial charge on any atom is -0.152 e. The van der Waals surface area contributed by atoms with Gasteiger partial charge < -0.3 is 0 Å². The van der Waals surface area contributed by atoms with Crippen molar-refractivity contribution in [1.82, 2.24) is 0 Å². The summed E-state index contributed by atoms with van der Waals surface area (Å²) in [4.78, 5) is 0. The highest BCUT2D eigenvalue weighted by molar-refractivity contribution is 6.22. The predicted octanol–water partition coefficient (Wildman–Crippen LogP) is 9.45. The molecule has 1 nitrogen and oxygen atoms in total. The molecule has 3 aromatic heterocycles. The second kappa shape index (κ2) is 7.99. The van der Waals surface area contributed by atoms with Crippen LogP contribution in [0.25, 0.3) is 77.2 Å². The molecule has 8 aromatic rings. The van der Waals surface area contributed by atoms with Gasteiger partial charge >= 0.3 is 0 Å². The first-order valence-corrected chi connectivity index (χ1v) is 13.1. The molecule has 0 saturated heterocycles. The van der Waals surface area contributed by atoms with E-state index < -0.39 is 0 Å². The Labute approximate surface area is 220 Å². The summed E-state index contributed by atoms with van der Waals surface area (Å²) in [6.45, 7) is 3.92. The van der Waals surface area contributed by atoms with Crippen molar-refractivity contribution in [3.63, 3.8) is 0 Å². The summed E-state index contributed by atoms with van der Waals surface area (Å²) in [7, 11) is 0. The Kier molecular flexibility index (Phi) is 4.44. The number of benzene rings is 5. The summed E-state index contributed by atoms with van der Waals surface area (Å²) in [5, 5.41) is 7.66. The highest BCUT2D eigenvalue weighted by atomic mass is 14.9. The van der Waals surface area contributed by atoms with E-state index in [4.69, 9.17) is 0 Å². The van der Waals surface area contributed by atoms with Gasteiger partial charge in [-0.1, -0.05) is 104 Å². The van der Waals surface area contributed by atoms with Gasteiger partial charge in [-0.3, -0.25) is 0 Å². The highest BCUT2D eigenvalue weighted by Gasteiger charge is 2.26. The van der Waals surface area contributed by atoms with Crippen LogP contribution in [-0.4, -0.2) is 0 Å². The molecule has 5 aromatic carbocycles. The molecule has 0 fully saturated rings. The van der Waals surface area contributed by atoms with E-state index in [1.54, 1.807) is 0 Å². The molecule has 0 bridgehead atoms. The number of hydrogen-bond acceptors (Lipinski definition) is 0. The summed E-state index contributed by atoms with van der Waals surface area (Å²) in [5.41, 5.74) is 9.80. The van der Waals surface area contributed by atoms with Gasteiger partial charge in [-0.25, -0.2) is 0 Å². The summed E-state index contributed by atoms with van der Waals surface area (Å²) in [6.07, 6.45) is 1.89. The van der Waals surface area contributed by atoms with Crippen LogP contribution in [0.4, 0.5) is 0 Å². The minimum absolute atomic E-state index is 1.13. The van der Waals surface area contributed by atoms with Gasteiger partial charge in [0.05, 0.1) is 21.5 Å². The Morgan fingerprint density at radius 1 is 0.421 bits per heavy atom. The molecular weight excluding hydrogens is 458 g/mol. The van der Waals surface area contributed by atoms with E-state index in [0.717, 1.165) is 5.56 Å². The van der Waals surface area contributed by atoms with Crippen LogP contribution in [0, 0.1) is 0 Å². The van der Waals surface area contributed by atoms with E-state index in [1.165, 1.54) is 71.1 Å². The summed E-state index contributed by atoms with van der Waals surface area (Å²) >= 11 is 0. The molecule has 0 aliphatic carbocycles. The zero-order chi connectivity index (χ0) is 25.2. The fourth-order valence-electron chi connectivity index (χ4n) is 6.18. The molecule has 1 heteroatoms. The van der Waals surface area contributed by atoms with Gasteiger partial charge in [0.2, 0.25) is 16.6 Å². The topological polar surface area (TPSA) is 4.10 Å². The first kappa shape index (κ1) is 21.1. The molecule has 0 saturated carbocycles.